The Labute approximate surface area is 120 Å². The van der Waals surface area contributed by atoms with Gasteiger partial charge in [-0.1, -0.05) is 6.92 Å². The Balaban J connectivity index is 2.71. The molecule has 20 heavy (non-hydrogen) atoms. The Morgan fingerprint density at radius 3 is 2.60 bits per heavy atom. The molecular weight excluding hydrogens is 256 g/mol. The number of aryl methyl sites for hydroxylation is 1. The number of aliphatic hydroxyl groups excluding tert-OH is 1. The van der Waals surface area contributed by atoms with E-state index in [2.05, 4.69) is 10.6 Å². The average molecular weight is 280 g/mol. The van der Waals surface area contributed by atoms with Crippen molar-refractivity contribution in [3.63, 3.8) is 0 Å². The van der Waals surface area contributed by atoms with E-state index in [4.69, 9.17) is 4.74 Å². The molecule has 5 nitrogen and oxygen atoms in total. The highest BCUT2D eigenvalue weighted by molar-refractivity contribution is 5.90. The van der Waals surface area contributed by atoms with Gasteiger partial charge in [-0.25, -0.2) is 4.79 Å². The molecule has 0 heterocycles. The van der Waals surface area contributed by atoms with E-state index in [0.29, 0.717) is 13.0 Å². The third kappa shape index (κ3) is 4.42. The minimum Gasteiger partial charge on any atom is -0.494 e. The minimum absolute atomic E-state index is 0.0980. The van der Waals surface area contributed by atoms with Crippen molar-refractivity contribution in [2.75, 3.05) is 18.5 Å². The molecule has 0 radical (unpaired) electrons. The van der Waals surface area contributed by atoms with Crippen LogP contribution in [0.3, 0.4) is 0 Å². The Bertz CT molecular complexity index is 456. The van der Waals surface area contributed by atoms with E-state index in [1.54, 1.807) is 6.92 Å². The molecule has 1 aromatic rings. The van der Waals surface area contributed by atoms with Crippen LogP contribution in [-0.4, -0.2) is 29.9 Å². The summed E-state index contributed by atoms with van der Waals surface area (Å²) < 4.78 is 5.40. The Morgan fingerprint density at radius 2 is 2.10 bits per heavy atom. The predicted octanol–water partition coefficient (Wildman–Crippen LogP) is 2.68. The molecular formula is C15H24N2O3. The van der Waals surface area contributed by atoms with Crippen LogP contribution in [0, 0.1) is 6.92 Å². The number of carbonyl (C=O) groups excluding carboxylic acids is 1. The number of amides is 2. The van der Waals surface area contributed by atoms with E-state index in [0.717, 1.165) is 17.0 Å². The number of rotatable bonds is 6. The lowest BCUT2D eigenvalue weighted by molar-refractivity contribution is 0.172. The summed E-state index contributed by atoms with van der Waals surface area (Å²) in [5.41, 5.74) is 1.04. The molecule has 0 bridgehead atoms. The summed E-state index contributed by atoms with van der Waals surface area (Å²) in [5, 5.41) is 14.9. The molecule has 0 saturated heterocycles. The highest BCUT2D eigenvalue weighted by Gasteiger charge is 2.23. The quantitative estimate of drug-likeness (QED) is 0.750. The first kappa shape index (κ1) is 16.3. The van der Waals surface area contributed by atoms with Crippen LogP contribution >= 0.6 is 0 Å². The van der Waals surface area contributed by atoms with Crippen LogP contribution in [0.1, 0.15) is 32.8 Å². The molecule has 0 saturated carbocycles. The molecule has 0 aliphatic rings. The fourth-order valence-corrected chi connectivity index (χ4v) is 1.70. The van der Waals surface area contributed by atoms with Crippen LogP contribution in [0.2, 0.25) is 0 Å². The predicted molar refractivity (Wildman–Crippen MR) is 80.3 cm³/mol. The van der Waals surface area contributed by atoms with E-state index in [-0.39, 0.29) is 12.6 Å². The summed E-state index contributed by atoms with van der Waals surface area (Å²) in [6.07, 6.45) is 0.652. The van der Waals surface area contributed by atoms with Crippen molar-refractivity contribution < 1.29 is 14.6 Å². The first-order valence-electron chi connectivity index (χ1n) is 6.87. The molecule has 0 spiro atoms. The van der Waals surface area contributed by atoms with E-state index in [1.165, 1.54) is 0 Å². The zero-order valence-corrected chi connectivity index (χ0v) is 12.6. The van der Waals surface area contributed by atoms with Gasteiger partial charge in [0, 0.05) is 5.69 Å². The van der Waals surface area contributed by atoms with Crippen LogP contribution in [0.25, 0.3) is 0 Å². The summed E-state index contributed by atoms with van der Waals surface area (Å²) in [6, 6.07) is 5.18. The van der Waals surface area contributed by atoms with Crippen LogP contribution in [0.15, 0.2) is 18.2 Å². The maximum Gasteiger partial charge on any atom is 0.319 e. The average Bonchev–Trinajstić information content (AvgIpc) is 2.42. The van der Waals surface area contributed by atoms with Crippen molar-refractivity contribution in [3.8, 4) is 5.75 Å². The van der Waals surface area contributed by atoms with Crippen LogP contribution < -0.4 is 15.4 Å². The van der Waals surface area contributed by atoms with Gasteiger partial charge in [-0.2, -0.15) is 0 Å². The molecule has 5 heteroatoms. The number of benzene rings is 1. The first-order valence-corrected chi connectivity index (χ1v) is 6.87. The van der Waals surface area contributed by atoms with Gasteiger partial charge < -0.3 is 20.5 Å². The Hall–Kier alpha value is -1.75. The lowest BCUT2D eigenvalue weighted by Gasteiger charge is -2.27. The molecule has 2 amide bonds. The lowest BCUT2D eigenvalue weighted by Crippen LogP contribution is -2.50. The van der Waals surface area contributed by atoms with Crippen LogP contribution in [0.5, 0.6) is 5.75 Å². The Kier molecular flexibility index (Phi) is 5.82. The second-order valence-electron chi connectivity index (χ2n) is 5.06. The summed E-state index contributed by atoms with van der Waals surface area (Å²) >= 11 is 0. The van der Waals surface area contributed by atoms with Crippen molar-refractivity contribution in [3.05, 3.63) is 23.8 Å². The number of hydrogen-bond donors (Lipinski definition) is 3. The summed E-state index contributed by atoms with van der Waals surface area (Å²) in [7, 11) is 0. The van der Waals surface area contributed by atoms with Crippen molar-refractivity contribution in [2.45, 2.75) is 39.7 Å². The largest absolute Gasteiger partial charge is 0.494 e. The van der Waals surface area contributed by atoms with Gasteiger partial charge in [-0.3, -0.25) is 0 Å². The second kappa shape index (κ2) is 7.14. The molecule has 0 aromatic heterocycles. The van der Waals surface area contributed by atoms with E-state index < -0.39 is 5.54 Å². The molecule has 112 valence electrons. The molecule has 0 aliphatic carbocycles. The molecule has 1 aromatic carbocycles. The van der Waals surface area contributed by atoms with Crippen LogP contribution in [-0.2, 0) is 0 Å². The van der Waals surface area contributed by atoms with Gasteiger partial charge in [-0.05, 0) is 51.0 Å². The molecule has 3 N–H and O–H groups in total. The fourth-order valence-electron chi connectivity index (χ4n) is 1.70. The van der Waals surface area contributed by atoms with Gasteiger partial charge in [0.15, 0.2) is 0 Å². The van der Waals surface area contributed by atoms with Gasteiger partial charge in [0.1, 0.15) is 5.75 Å². The number of carbonyl (C=O) groups is 1. The number of aliphatic hydroxyl groups is 1. The SMILES string of the molecule is CCOc1ccc(NC(=O)NC(C)(CC)CO)c(C)c1. The normalized spacial score (nSPS) is 13.4. The molecule has 0 fully saturated rings. The van der Waals surface area contributed by atoms with Gasteiger partial charge in [0.05, 0.1) is 18.8 Å². The minimum atomic E-state index is -0.608. The lowest BCUT2D eigenvalue weighted by atomic mass is 10.0. The molecule has 1 rings (SSSR count). The monoisotopic (exact) mass is 280 g/mol. The zero-order valence-electron chi connectivity index (χ0n) is 12.6. The highest BCUT2D eigenvalue weighted by atomic mass is 16.5. The van der Waals surface area contributed by atoms with Crippen molar-refractivity contribution in [1.82, 2.24) is 5.32 Å². The maximum absolute atomic E-state index is 11.9. The molecule has 0 aliphatic heterocycles. The van der Waals surface area contributed by atoms with Crippen LogP contribution in [0.4, 0.5) is 10.5 Å². The van der Waals surface area contributed by atoms with E-state index >= 15 is 0 Å². The van der Waals surface area contributed by atoms with E-state index in [9.17, 15) is 9.90 Å². The van der Waals surface area contributed by atoms with Crippen molar-refractivity contribution >= 4 is 11.7 Å². The smallest absolute Gasteiger partial charge is 0.319 e. The van der Waals surface area contributed by atoms with Crippen molar-refractivity contribution in [1.29, 1.82) is 0 Å². The maximum atomic E-state index is 11.9. The topological polar surface area (TPSA) is 70.6 Å². The first-order chi connectivity index (χ1) is 9.44. The zero-order chi connectivity index (χ0) is 15.2. The molecule has 1 atom stereocenters. The Morgan fingerprint density at radius 1 is 1.40 bits per heavy atom. The standard InChI is InChI=1S/C15H24N2O3/c1-5-15(4,10-18)17-14(19)16-13-8-7-12(20-6-2)9-11(13)3/h7-9,18H,5-6,10H2,1-4H3,(H2,16,17,19). The summed E-state index contributed by atoms with van der Waals surface area (Å²) in [5.74, 6) is 0.782. The van der Waals surface area contributed by atoms with Gasteiger partial charge in [-0.15, -0.1) is 0 Å². The van der Waals surface area contributed by atoms with Crippen molar-refractivity contribution in [2.24, 2.45) is 0 Å². The van der Waals surface area contributed by atoms with E-state index in [1.807, 2.05) is 39.0 Å². The number of hydrogen-bond acceptors (Lipinski definition) is 3. The van der Waals surface area contributed by atoms with Gasteiger partial charge >= 0.3 is 6.03 Å². The number of ether oxygens (including phenoxy) is 1. The summed E-state index contributed by atoms with van der Waals surface area (Å²) in [6.45, 7) is 8.06. The second-order valence-corrected chi connectivity index (χ2v) is 5.06. The third-order valence-electron chi connectivity index (χ3n) is 3.30. The van der Waals surface area contributed by atoms with Gasteiger partial charge in [0.25, 0.3) is 0 Å². The summed E-state index contributed by atoms with van der Waals surface area (Å²) in [4.78, 5) is 11.9. The highest BCUT2D eigenvalue weighted by Crippen LogP contribution is 2.21. The number of nitrogens with one attached hydrogen (secondary N) is 2. The number of anilines is 1. The number of urea groups is 1. The third-order valence-corrected chi connectivity index (χ3v) is 3.30. The van der Waals surface area contributed by atoms with Gasteiger partial charge in [0.2, 0.25) is 0 Å². The fraction of sp³-hybridized carbons (Fsp3) is 0.533. The molecule has 1 unspecified atom stereocenters.